The number of hydrogen-bond acceptors (Lipinski definition) is 4. The molecule has 6 atom stereocenters. The minimum absolute atomic E-state index is 0.0732. The molecule has 148 valence electrons. The van der Waals surface area contributed by atoms with Crippen molar-refractivity contribution in [3.63, 3.8) is 0 Å². The third-order valence-electron chi connectivity index (χ3n) is 8.04. The highest BCUT2D eigenvalue weighted by molar-refractivity contribution is 6.01. The molecule has 4 unspecified atom stereocenters. The Kier molecular flexibility index (Phi) is 5.33. The average molecular weight is 373 g/mol. The molecule has 0 heterocycles. The molecule has 27 heavy (non-hydrogen) atoms. The molecule has 2 saturated carbocycles. The number of rotatable bonds is 5. The molecule has 1 N–H and O–H groups in total. The molecule has 3 aliphatic rings. The van der Waals surface area contributed by atoms with E-state index < -0.39 is 12.0 Å². The maximum Gasteiger partial charge on any atom is 0.178 e. The van der Waals surface area contributed by atoms with Crippen LogP contribution in [-0.2, 0) is 14.4 Å². The van der Waals surface area contributed by atoms with E-state index in [1.165, 1.54) is 5.57 Å². The summed E-state index contributed by atoms with van der Waals surface area (Å²) in [4.78, 5) is 36.3. The highest BCUT2D eigenvalue weighted by Crippen LogP contribution is 2.60. The van der Waals surface area contributed by atoms with Crippen LogP contribution in [-0.4, -0.2) is 29.1 Å². The van der Waals surface area contributed by atoms with Crippen LogP contribution in [0.5, 0.6) is 0 Å². The molecule has 0 amide bonds. The molecule has 3 aliphatic carbocycles. The largest absolute Gasteiger partial charge is 0.389 e. The minimum Gasteiger partial charge on any atom is -0.389 e. The van der Waals surface area contributed by atoms with E-state index in [0.29, 0.717) is 18.3 Å². The van der Waals surface area contributed by atoms with Gasteiger partial charge in [0.2, 0.25) is 0 Å². The number of Topliss-reactive ketones (excluding diaryl/α,β-unsaturated/α-hetero) is 2. The number of ketones is 3. The van der Waals surface area contributed by atoms with Crippen LogP contribution in [0.4, 0.5) is 0 Å². The van der Waals surface area contributed by atoms with Gasteiger partial charge in [-0.15, -0.1) is 0 Å². The molecule has 4 heteroatoms. The molecule has 4 nitrogen and oxygen atoms in total. The average Bonchev–Trinajstić information content (AvgIpc) is 2.92. The van der Waals surface area contributed by atoms with Crippen LogP contribution in [0.25, 0.3) is 0 Å². The number of carbonyl (C=O) groups is 3. The van der Waals surface area contributed by atoms with Gasteiger partial charge in [-0.05, 0) is 67.9 Å². The first-order valence-electron chi connectivity index (χ1n) is 10.2. The second-order valence-electron chi connectivity index (χ2n) is 9.42. The van der Waals surface area contributed by atoms with Crippen molar-refractivity contribution in [3.05, 3.63) is 23.8 Å². The summed E-state index contributed by atoms with van der Waals surface area (Å²) in [5.74, 6) is 0.826. The second-order valence-corrected chi connectivity index (χ2v) is 9.42. The summed E-state index contributed by atoms with van der Waals surface area (Å²) in [5, 5.41) is 9.45. The van der Waals surface area contributed by atoms with Gasteiger partial charge in [0, 0.05) is 17.8 Å². The lowest BCUT2D eigenvalue weighted by Crippen LogP contribution is -2.46. The molecular formula is C23H32O4. The first-order valence-corrected chi connectivity index (χ1v) is 10.2. The molecular weight excluding hydrogens is 340 g/mol. The van der Waals surface area contributed by atoms with E-state index in [-0.39, 0.29) is 34.6 Å². The number of fused-ring (bicyclic) bond motifs is 1. The summed E-state index contributed by atoms with van der Waals surface area (Å²) in [7, 11) is 0. The summed E-state index contributed by atoms with van der Waals surface area (Å²) in [5.41, 5.74) is 0.691. The van der Waals surface area contributed by atoms with E-state index >= 15 is 0 Å². The van der Waals surface area contributed by atoms with Gasteiger partial charge in [0.05, 0.1) is 0 Å². The smallest absolute Gasteiger partial charge is 0.178 e. The van der Waals surface area contributed by atoms with E-state index in [1.54, 1.807) is 19.1 Å². The molecule has 0 aliphatic heterocycles. The van der Waals surface area contributed by atoms with Crippen LogP contribution in [0.2, 0.25) is 0 Å². The van der Waals surface area contributed by atoms with Crippen molar-refractivity contribution >= 4 is 17.3 Å². The molecule has 0 saturated heterocycles. The van der Waals surface area contributed by atoms with E-state index in [0.717, 1.165) is 25.7 Å². The molecule has 2 fully saturated rings. The zero-order chi connectivity index (χ0) is 20.0. The normalized spacial score (nSPS) is 41.2. The van der Waals surface area contributed by atoms with Gasteiger partial charge in [0.15, 0.2) is 11.6 Å². The molecule has 0 radical (unpaired) electrons. The van der Waals surface area contributed by atoms with Crippen molar-refractivity contribution < 1.29 is 19.5 Å². The lowest BCUT2D eigenvalue weighted by molar-refractivity contribution is -0.132. The lowest BCUT2D eigenvalue weighted by Gasteiger charge is -2.51. The number of hydrogen-bond donors (Lipinski definition) is 1. The quantitative estimate of drug-likeness (QED) is 0.799. The Balaban J connectivity index is 1.94. The van der Waals surface area contributed by atoms with Crippen molar-refractivity contribution in [3.8, 4) is 0 Å². The summed E-state index contributed by atoms with van der Waals surface area (Å²) in [6, 6.07) is 0. The number of carbonyl (C=O) groups excluding carboxylic acids is 3. The molecule has 0 aromatic heterocycles. The fourth-order valence-electron chi connectivity index (χ4n) is 6.49. The Bertz CT molecular complexity index is 718. The highest BCUT2D eigenvalue weighted by atomic mass is 16.3. The van der Waals surface area contributed by atoms with Gasteiger partial charge in [-0.25, -0.2) is 0 Å². The topological polar surface area (TPSA) is 71.4 Å². The number of allylic oxidation sites excluding steroid dienone is 4. The van der Waals surface area contributed by atoms with Crippen LogP contribution >= 0.6 is 0 Å². The Morgan fingerprint density at radius 2 is 1.93 bits per heavy atom. The SMILES string of the molecule is CC(=O)C[C@@]1(C)C(C2CCC3=CC(=O)C=CC3(C)C2C)CC[C@@H]1C(=O)CO. The molecule has 0 spiro atoms. The van der Waals surface area contributed by atoms with Crippen molar-refractivity contribution in [1.29, 1.82) is 0 Å². The highest BCUT2D eigenvalue weighted by Gasteiger charge is 2.55. The fourth-order valence-corrected chi connectivity index (χ4v) is 6.49. The number of aliphatic hydroxyl groups excluding tert-OH is 1. The third kappa shape index (κ3) is 3.26. The van der Waals surface area contributed by atoms with Crippen molar-refractivity contribution in [2.75, 3.05) is 6.61 Å². The van der Waals surface area contributed by atoms with Gasteiger partial charge in [-0.3, -0.25) is 9.59 Å². The van der Waals surface area contributed by atoms with Crippen LogP contribution < -0.4 is 0 Å². The van der Waals surface area contributed by atoms with Crippen LogP contribution in [0.1, 0.15) is 59.8 Å². The standard InChI is InChI=1S/C23H32O4/c1-14(25)12-23(4)19(7-8-20(23)21(27)13-24)18-6-5-16-11-17(26)9-10-22(16,3)15(18)2/h9-11,15,18-20,24H,5-8,12-13H2,1-4H3/t15?,18?,19?,20-,22?,23+/m1/s1. The van der Waals surface area contributed by atoms with Gasteiger partial charge < -0.3 is 9.90 Å². The monoisotopic (exact) mass is 372 g/mol. The van der Waals surface area contributed by atoms with Crippen LogP contribution in [0.3, 0.4) is 0 Å². The van der Waals surface area contributed by atoms with Gasteiger partial charge in [-0.2, -0.15) is 0 Å². The maximum atomic E-state index is 12.4. The molecule has 3 rings (SSSR count). The maximum absolute atomic E-state index is 12.4. The minimum atomic E-state index is -0.444. The Morgan fingerprint density at radius 1 is 1.22 bits per heavy atom. The Morgan fingerprint density at radius 3 is 2.56 bits per heavy atom. The fraction of sp³-hybridized carbons (Fsp3) is 0.696. The van der Waals surface area contributed by atoms with Gasteiger partial charge in [-0.1, -0.05) is 32.4 Å². The Labute approximate surface area is 162 Å². The van der Waals surface area contributed by atoms with Gasteiger partial charge >= 0.3 is 0 Å². The van der Waals surface area contributed by atoms with E-state index in [4.69, 9.17) is 0 Å². The van der Waals surface area contributed by atoms with Gasteiger partial charge in [0.25, 0.3) is 0 Å². The summed E-state index contributed by atoms with van der Waals surface area (Å²) < 4.78 is 0. The van der Waals surface area contributed by atoms with Crippen LogP contribution in [0, 0.1) is 34.5 Å². The molecule has 0 aromatic rings. The third-order valence-corrected chi connectivity index (χ3v) is 8.04. The molecule has 0 aromatic carbocycles. The first kappa shape index (κ1) is 20.2. The zero-order valence-electron chi connectivity index (χ0n) is 17.0. The Hall–Kier alpha value is -1.55. The van der Waals surface area contributed by atoms with Crippen molar-refractivity contribution in [1.82, 2.24) is 0 Å². The summed E-state index contributed by atoms with van der Waals surface area (Å²) in [6.45, 7) is 7.72. The summed E-state index contributed by atoms with van der Waals surface area (Å²) in [6.07, 6.45) is 9.50. The second kappa shape index (κ2) is 7.12. The number of aliphatic hydroxyl groups is 1. The zero-order valence-corrected chi connectivity index (χ0v) is 17.0. The van der Waals surface area contributed by atoms with E-state index in [9.17, 15) is 19.5 Å². The van der Waals surface area contributed by atoms with Crippen molar-refractivity contribution in [2.45, 2.75) is 59.8 Å². The molecule has 0 bridgehead atoms. The lowest BCUT2D eigenvalue weighted by atomic mass is 9.53. The predicted molar refractivity (Wildman–Crippen MR) is 104 cm³/mol. The summed E-state index contributed by atoms with van der Waals surface area (Å²) >= 11 is 0. The van der Waals surface area contributed by atoms with E-state index in [2.05, 4.69) is 26.8 Å². The van der Waals surface area contributed by atoms with E-state index in [1.807, 2.05) is 0 Å². The van der Waals surface area contributed by atoms with Crippen LogP contribution in [0.15, 0.2) is 23.8 Å². The first-order chi connectivity index (χ1) is 12.6. The van der Waals surface area contributed by atoms with Gasteiger partial charge in [0.1, 0.15) is 12.4 Å². The predicted octanol–water partition coefficient (Wildman–Crippen LogP) is 3.68. The van der Waals surface area contributed by atoms with Crippen molar-refractivity contribution in [2.24, 2.45) is 34.5 Å².